The first-order valence-corrected chi connectivity index (χ1v) is 10.2. The van der Waals surface area contributed by atoms with Crippen LogP contribution >= 0.6 is 0 Å². The molecule has 0 bridgehead atoms. The predicted molar refractivity (Wildman–Crippen MR) is 111 cm³/mol. The fourth-order valence-electron chi connectivity index (χ4n) is 3.43. The fraction of sp³-hybridized carbons (Fsp3) is 0.391. The van der Waals surface area contributed by atoms with Gasteiger partial charge in [-0.15, -0.1) is 0 Å². The number of aryl methyl sites for hydroxylation is 1. The van der Waals surface area contributed by atoms with Crippen LogP contribution < -0.4 is 5.32 Å². The number of halogens is 1. The van der Waals surface area contributed by atoms with Crippen molar-refractivity contribution in [2.75, 3.05) is 39.3 Å². The molecule has 0 unspecified atom stereocenters. The smallest absolute Gasteiger partial charge is 0.253 e. The number of nitrogens with zero attached hydrogens (tertiary/aromatic N) is 2. The number of carbonyl (C=O) groups excluding carboxylic acids is 2. The Labute approximate surface area is 171 Å². The Hall–Kier alpha value is -2.73. The van der Waals surface area contributed by atoms with Crippen molar-refractivity contribution in [3.8, 4) is 0 Å². The van der Waals surface area contributed by atoms with Crippen molar-refractivity contribution in [2.24, 2.45) is 0 Å². The zero-order chi connectivity index (χ0) is 20.6. The van der Waals surface area contributed by atoms with Gasteiger partial charge in [0, 0.05) is 38.3 Å². The molecule has 0 radical (unpaired) electrons. The van der Waals surface area contributed by atoms with Crippen LogP contribution in [0.15, 0.2) is 48.5 Å². The van der Waals surface area contributed by atoms with Gasteiger partial charge in [0.25, 0.3) is 5.91 Å². The molecule has 0 aromatic heterocycles. The van der Waals surface area contributed by atoms with E-state index < -0.39 is 0 Å². The maximum Gasteiger partial charge on any atom is 0.253 e. The van der Waals surface area contributed by atoms with E-state index in [9.17, 15) is 14.0 Å². The van der Waals surface area contributed by atoms with Gasteiger partial charge in [0.2, 0.25) is 5.91 Å². The Kier molecular flexibility index (Phi) is 7.36. The lowest BCUT2D eigenvalue weighted by Crippen LogP contribution is -2.51. The predicted octanol–water partition coefficient (Wildman–Crippen LogP) is 2.50. The lowest BCUT2D eigenvalue weighted by Gasteiger charge is -2.34. The van der Waals surface area contributed by atoms with Crippen LogP contribution in [0, 0.1) is 5.82 Å². The van der Waals surface area contributed by atoms with E-state index in [1.165, 1.54) is 17.7 Å². The molecule has 1 N–H and O–H groups in total. The number of piperazine rings is 1. The first-order chi connectivity index (χ1) is 14.0. The van der Waals surface area contributed by atoms with E-state index in [1.807, 2.05) is 29.2 Å². The van der Waals surface area contributed by atoms with Crippen molar-refractivity contribution >= 4 is 11.8 Å². The average molecular weight is 397 g/mol. The number of rotatable bonds is 7. The van der Waals surface area contributed by atoms with E-state index in [-0.39, 0.29) is 17.6 Å². The van der Waals surface area contributed by atoms with Gasteiger partial charge in [-0.2, -0.15) is 0 Å². The summed E-state index contributed by atoms with van der Waals surface area (Å²) >= 11 is 0. The summed E-state index contributed by atoms with van der Waals surface area (Å²) in [6.07, 6.45) is 1.63. The van der Waals surface area contributed by atoms with Crippen LogP contribution in [0.25, 0.3) is 0 Å². The summed E-state index contributed by atoms with van der Waals surface area (Å²) in [6.45, 7) is 5.56. The molecule has 2 aromatic carbocycles. The third kappa shape index (κ3) is 6.12. The van der Waals surface area contributed by atoms with Crippen LogP contribution in [0.2, 0.25) is 0 Å². The topological polar surface area (TPSA) is 52.7 Å². The molecule has 1 aliphatic rings. The van der Waals surface area contributed by atoms with Gasteiger partial charge in [-0.3, -0.25) is 14.5 Å². The normalized spacial score (nSPS) is 14.6. The van der Waals surface area contributed by atoms with Crippen LogP contribution in [0.4, 0.5) is 4.39 Å². The average Bonchev–Trinajstić information content (AvgIpc) is 2.75. The van der Waals surface area contributed by atoms with E-state index in [0.29, 0.717) is 51.3 Å². The number of hydrogen-bond donors (Lipinski definition) is 1. The monoisotopic (exact) mass is 397 g/mol. The Morgan fingerprint density at radius 1 is 0.931 bits per heavy atom. The maximum absolute atomic E-state index is 12.9. The lowest BCUT2D eigenvalue weighted by atomic mass is 10.1. The summed E-state index contributed by atoms with van der Waals surface area (Å²) < 4.78 is 12.9. The van der Waals surface area contributed by atoms with E-state index >= 15 is 0 Å². The number of benzene rings is 2. The van der Waals surface area contributed by atoms with Gasteiger partial charge in [-0.1, -0.05) is 31.2 Å². The van der Waals surface area contributed by atoms with Crippen LogP contribution in [-0.2, 0) is 17.6 Å². The largest absolute Gasteiger partial charge is 0.355 e. The quantitative estimate of drug-likeness (QED) is 0.781. The van der Waals surface area contributed by atoms with Gasteiger partial charge in [0.05, 0.1) is 6.54 Å². The van der Waals surface area contributed by atoms with Gasteiger partial charge in [-0.05, 0) is 48.2 Å². The van der Waals surface area contributed by atoms with Crippen molar-refractivity contribution in [3.05, 3.63) is 71.0 Å². The fourth-order valence-corrected chi connectivity index (χ4v) is 3.43. The third-order valence-electron chi connectivity index (χ3n) is 5.28. The highest BCUT2D eigenvalue weighted by Crippen LogP contribution is 2.11. The molecule has 0 spiro atoms. The SMILES string of the molecule is CCc1ccc(C(=O)N2CCN(CC(=O)NCCc3ccc(F)cc3)CC2)cc1. The third-order valence-corrected chi connectivity index (χ3v) is 5.28. The second kappa shape index (κ2) is 10.2. The van der Waals surface area contributed by atoms with Crippen molar-refractivity contribution < 1.29 is 14.0 Å². The minimum atomic E-state index is -0.256. The summed E-state index contributed by atoms with van der Waals surface area (Å²) in [5, 5.41) is 2.91. The van der Waals surface area contributed by atoms with E-state index in [4.69, 9.17) is 0 Å². The summed E-state index contributed by atoms with van der Waals surface area (Å²) in [5.41, 5.74) is 2.93. The van der Waals surface area contributed by atoms with E-state index in [0.717, 1.165) is 12.0 Å². The number of carbonyl (C=O) groups is 2. The first-order valence-electron chi connectivity index (χ1n) is 10.2. The molecule has 0 saturated carbocycles. The Bertz CT molecular complexity index is 813. The molecule has 29 heavy (non-hydrogen) atoms. The van der Waals surface area contributed by atoms with Crippen molar-refractivity contribution in [3.63, 3.8) is 0 Å². The van der Waals surface area contributed by atoms with E-state index in [1.54, 1.807) is 12.1 Å². The Balaban J connectivity index is 1.37. The molecular formula is C23H28FN3O2. The zero-order valence-corrected chi connectivity index (χ0v) is 16.9. The maximum atomic E-state index is 12.9. The zero-order valence-electron chi connectivity index (χ0n) is 16.9. The van der Waals surface area contributed by atoms with Gasteiger partial charge in [-0.25, -0.2) is 4.39 Å². The molecule has 0 atom stereocenters. The highest BCUT2D eigenvalue weighted by atomic mass is 19.1. The molecular weight excluding hydrogens is 369 g/mol. The van der Waals surface area contributed by atoms with Crippen molar-refractivity contribution in [1.29, 1.82) is 0 Å². The second-order valence-corrected chi connectivity index (χ2v) is 7.35. The van der Waals surface area contributed by atoms with Crippen molar-refractivity contribution in [1.82, 2.24) is 15.1 Å². The number of nitrogens with one attached hydrogen (secondary N) is 1. The molecule has 1 heterocycles. The molecule has 1 aliphatic heterocycles. The first kappa shape index (κ1) is 21.0. The minimum absolute atomic E-state index is 0.0259. The lowest BCUT2D eigenvalue weighted by molar-refractivity contribution is -0.122. The van der Waals surface area contributed by atoms with Crippen LogP contribution in [0.5, 0.6) is 0 Å². The van der Waals surface area contributed by atoms with Gasteiger partial charge in [0.15, 0.2) is 0 Å². The van der Waals surface area contributed by atoms with E-state index in [2.05, 4.69) is 17.1 Å². The molecule has 0 aliphatic carbocycles. The Morgan fingerprint density at radius 2 is 1.55 bits per heavy atom. The van der Waals surface area contributed by atoms with Crippen LogP contribution in [0.3, 0.4) is 0 Å². The number of hydrogen-bond acceptors (Lipinski definition) is 3. The second-order valence-electron chi connectivity index (χ2n) is 7.35. The van der Waals surface area contributed by atoms with Gasteiger partial charge >= 0.3 is 0 Å². The molecule has 1 saturated heterocycles. The number of amides is 2. The van der Waals surface area contributed by atoms with Crippen LogP contribution in [0.1, 0.15) is 28.4 Å². The Morgan fingerprint density at radius 3 is 2.17 bits per heavy atom. The molecule has 154 valence electrons. The van der Waals surface area contributed by atoms with Crippen LogP contribution in [-0.4, -0.2) is 60.9 Å². The molecule has 2 amide bonds. The standard InChI is InChI=1S/C23H28FN3O2/c1-2-18-3-7-20(8-4-18)23(29)27-15-13-26(14-16-27)17-22(28)25-12-11-19-5-9-21(24)10-6-19/h3-10H,2,11-17H2,1H3,(H,25,28). The van der Waals surface area contributed by atoms with Gasteiger partial charge in [0.1, 0.15) is 5.82 Å². The van der Waals surface area contributed by atoms with Gasteiger partial charge < -0.3 is 10.2 Å². The molecule has 2 aromatic rings. The summed E-state index contributed by atoms with van der Waals surface area (Å²) in [7, 11) is 0. The highest BCUT2D eigenvalue weighted by molar-refractivity contribution is 5.94. The summed E-state index contributed by atoms with van der Waals surface area (Å²) in [5.74, 6) is -0.230. The molecule has 5 nitrogen and oxygen atoms in total. The molecule has 3 rings (SSSR count). The van der Waals surface area contributed by atoms with Crippen molar-refractivity contribution in [2.45, 2.75) is 19.8 Å². The molecule has 1 fully saturated rings. The molecule has 6 heteroatoms. The minimum Gasteiger partial charge on any atom is -0.355 e. The highest BCUT2D eigenvalue weighted by Gasteiger charge is 2.23. The summed E-state index contributed by atoms with van der Waals surface area (Å²) in [4.78, 5) is 28.7. The summed E-state index contributed by atoms with van der Waals surface area (Å²) in [6, 6.07) is 14.1.